The van der Waals surface area contributed by atoms with E-state index in [1.807, 2.05) is 0 Å². The lowest BCUT2D eigenvalue weighted by atomic mass is 9.93. The molecule has 19 heavy (non-hydrogen) atoms. The van der Waals surface area contributed by atoms with E-state index in [4.69, 9.17) is 0 Å². The van der Waals surface area contributed by atoms with Gasteiger partial charge in [0.25, 0.3) is 0 Å². The maximum atomic E-state index is 3.71. The van der Waals surface area contributed by atoms with Crippen LogP contribution in [0.2, 0.25) is 0 Å². The van der Waals surface area contributed by atoms with Gasteiger partial charge in [-0.1, -0.05) is 31.7 Å². The van der Waals surface area contributed by atoms with Gasteiger partial charge >= 0.3 is 0 Å². The average Bonchev–Trinajstić information content (AvgIpc) is 2.69. The van der Waals surface area contributed by atoms with Gasteiger partial charge < -0.3 is 5.32 Å². The molecule has 106 valence electrons. The summed E-state index contributed by atoms with van der Waals surface area (Å²) in [6.07, 6.45) is 8.50. The Kier molecular flexibility index (Phi) is 6.37. The van der Waals surface area contributed by atoms with E-state index < -0.39 is 0 Å². The molecule has 0 heterocycles. The Bertz CT molecular complexity index is 398. The van der Waals surface area contributed by atoms with E-state index in [-0.39, 0.29) is 0 Å². The molecule has 1 fully saturated rings. The first kappa shape index (κ1) is 15.5. The van der Waals surface area contributed by atoms with Gasteiger partial charge in [-0.2, -0.15) is 0 Å². The second-order valence-electron chi connectivity index (χ2n) is 5.67. The van der Waals surface area contributed by atoms with Crippen molar-refractivity contribution >= 4 is 31.9 Å². The van der Waals surface area contributed by atoms with Gasteiger partial charge in [0.1, 0.15) is 0 Å². The first-order valence-electron chi connectivity index (χ1n) is 7.34. The van der Waals surface area contributed by atoms with Crippen LogP contribution in [0.15, 0.2) is 27.1 Å². The summed E-state index contributed by atoms with van der Waals surface area (Å²) in [5, 5.41) is 3.71. The molecule has 1 aliphatic rings. The molecule has 0 aromatic heterocycles. The third-order valence-electron chi connectivity index (χ3n) is 4.22. The Labute approximate surface area is 133 Å². The van der Waals surface area contributed by atoms with Crippen molar-refractivity contribution in [2.75, 3.05) is 0 Å². The molecule has 1 aliphatic carbocycles. The molecule has 1 aromatic rings. The maximum absolute atomic E-state index is 3.71. The largest absolute Gasteiger partial charge is 0.310 e. The van der Waals surface area contributed by atoms with Crippen LogP contribution in [0.4, 0.5) is 0 Å². The fraction of sp³-hybridized carbons (Fsp3) is 0.625. The maximum Gasteiger partial charge on any atom is 0.0320 e. The van der Waals surface area contributed by atoms with Crippen LogP contribution in [0.25, 0.3) is 0 Å². The van der Waals surface area contributed by atoms with Gasteiger partial charge in [0.05, 0.1) is 0 Å². The van der Waals surface area contributed by atoms with Crippen molar-refractivity contribution in [3.05, 3.63) is 32.7 Å². The van der Waals surface area contributed by atoms with E-state index in [9.17, 15) is 0 Å². The number of hydrogen-bond donors (Lipinski definition) is 1. The van der Waals surface area contributed by atoms with Crippen LogP contribution in [0, 0.1) is 5.92 Å². The minimum atomic E-state index is 0.625. The van der Waals surface area contributed by atoms with E-state index in [2.05, 4.69) is 62.3 Å². The lowest BCUT2D eigenvalue weighted by Gasteiger charge is -2.23. The molecule has 1 atom stereocenters. The normalized spacial score (nSPS) is 19.1. The van der Waals surface area contributed by atoms with Gasteiger partial charge in [0.2, 0.25) is 0 Å². The Hall–Kier alpha value is 0.140. The molecular weight excluding hydrogens is 366 g/mol. The number of benzene rings is 1. The third-order valence-corrected chi connectivity index (χ3v) is 6.10. The van der Waals surface area contributed by atoms with Crippen LogP contribution in [0.1, 0.15) is 51.0 Å². The van der Waals surface area contributed by atoms with Crippen molar-refractivity contribution in [3.63, 3.8) is 0 Å². The molecule has 0 spiro atoms. The quantitative estimate of drug-likeness (QED) is 0.656. The predicted octanol–water partition coefficient (Wildman–Crippen LogP) is 5.66. The molecule has 0 unspecified atom stereocenters. The Morgan fingerprint density at radius 2 is 1.79 bits per heavy atom. The monoisotopic (exact) mass is 387 g/mol. The molecule has 0 saturated heterocycles. The zero-order valence-corrected chi connectivity index (χ0v) is 14.8. The van der Waals surface area contributed by atoms with Gasteiger partial charge in [-0.05, 0) is 75.2 Å². The molecule has 0 amide bonds. The minimum Gasteiger partial charge on any atom is -0.310 e. The summed E-state index contributed by atoms with van der Waals surface area (Å²) in [7, 11) is 0. The van der Waals surface area contributed by atoms with Gasteiger partial charge in [-0.25, -0.2) is 0 Å². The highest BCUT2D eigenvalue weighted by Crippen LogP contribution is 2.26. The standard InChI is InChI=1S/C16H23Br2N/c1-12(14-6-4-2-3-5-7-14)19-11-13-8-9-15(17)16(18)10-13/h8-10,12,14,19H,2-7,11H2,1H3/t12-/m0/s1. The zero-order chi connectivity index (χ0) is 13.7. The molecule has 3 heteroatoms. The number of halogens is 2. The fourth-order valence-electron chi connectivity index (χ4n) is 2.91. The summed E-state index contributed by atoms with van der Waals surface area (Å²) in [5.41, 5.74) is 1.34. The summed E-state index contributed by atoms with van der Waals surface area (Å²) in [5.74, 6) is 0.862. The number of hydrogen-bond acceptors (Lipinski definition) is 1. The summed E-state index contributed by atoms with van der Waals surface area (Å²) in [6, 6.07) is 7.11. The van der Waals surface area contributed by atoms with E-state index in [1.54, 1.807) is 0 Å². The van der Waals surface area contributed by atoms with Gasteiger partial charge in [0.15, 0.2) is 0 Å². The van der Waals surface area contributed by atoms with Crippen molar-refractivity contribution in [2.24, 2.45) is 5.92 Å². The van der Waals surface area contributed by atoms with Gasteiger partial charge in [0, 0.05) is 21.5 Å². The van der Waals surface area contributed by atoms with Crippen LogP contribution in [0.5, 0.6) is 0 Å². The topological polar surface area (TPSA) is 12.0 Å². The molecule has 0 radical (unpaired) electrons. The van der Waals surface area contributed by atoms with Crippen molar-refractivity contribution in [2.45, 2.75) is 58.0 Å². The molecule has 0 bridgehead atoms. The first-order chi connectivity index (χ1) is 9.16. The third kappa shape index (κ3) is 4.87. The Morgan fingerprint density at radius 1 is 1.11 bits per heavy atom. The zero-order valence-electron chi connectivity index (χ0n) is 11.6. The fourth-order valence-corrected chi connectivity index (χ4v) is 3.58. The van der Waals surface area contributed by atoms with E-state index in [1.165, 1.54) is 44.1 Å². The van der Waals surface area contributed by atoms with E-state index in [0.29, 0.717) is 6.04 Å². The summed E-state index contributed by atoms with van der Waals surface area (Å²) in [4.78, 5) is 0. The van der Waals surface area contributed by atoms with E-state index in [0.717, 1.165) is 21.4 Å². The molecule has 0 aliphatic heterocycles. The summed E-state index contributed by atoms with van der Waals surface area (Å²) in [6.45, 7) is 3.31. The van der Waals surface area contributed by atoms with Crippen molar-refractivity contribution in [1.29, 1.82) is 0 Å². The molecular formula is C16H23Br2N. The lowest BCUT2D eigenvalue weighted by molar-refractivity contribution is 0.336. The SMILES string of the molecule is C[C@H](NCc1ccc(Br)c(Br)c1)C1CCCCCC1. The molecule has 1 aromatic carbocycles. The van der Waals surface area contributed by atoms with Crippen LogP contribution in [0.3, 0.4) is 0 Å². The Balaban J connectivity index is 1.84. The number of rotatable bonds is 4. The predicted molar refractivity (Wildman–Crippen MR) is 89.3 cm³/mol. The number of nitrogens with one attached hydrogen (secondary N) is 1. The second-order valence-corrected chi connectivity index (χ2v) is 7.38. The van der Waals surface area contributed by atoms with Crippen molar-refractivity contribution < 1.29 is 0 Å². The highest BCUT2D eigenvalue weighted by molar-refractivity contribution is 9.13. The average molecular weight is 389 g/mol. The minimum absolute atomic E-state index is 0.625. The van der Waals surface area contributed by atoms with Gasteiger partial charge in [-0.15, -0.1) is 0 Å². The van der Waals surface area contributed by atoms with Crippen LogP contribution < -0.4 is 5.32 Å². The first-order valence-corrected chi connectivity index (χ1v) is 8.92. The molecule has 2 rings (SSSR count). The van der Waals surface area contributed by atoms with Gasteiger partial charge in [-0.3, -0.25) is 0 Å². The smallest absolute Gasteiger partial charge is 0.0320 e. The van der Waals surface area contributed by atoms with Crippen LogP contribution in [-0.4, -0.2) is 6.04 Å². The molecule has 1 nitrogen and oxygen atoms in total. The van der Waals surface area contributed by atoms with Crippen molar-refractivity contribution in [3.8, 4) is 0 Å². The van der Waals surface area contributed by atoms with Crippen LogP contribution >= 0.6 is 31.9 Å². The lowest BCUT2D eigenvalue weighted by Crippen LogP contribution is -2.32. The van der Waals surface area contributed by atoms with Crippen molar-refractivity contribution in [1.82, 2.24) is 5.32 Å². The van der Waals surface area contributed by atoms with E-state index >= 15 is 0 Å². The highest BCUT2D eigenvalue weighted by atomic mass is 79.9. The summed E-state index contributed by atoms with van der Waals surface area (Å²) < 4.78 is 2.25. The molecule has 1 saturated carbocycles. The molecule has 1 N–H and O–H groups in total. The highest BCUT2D eigenvalue weighted by Gasteiger charge is 2.18. The van der Waals surface area contributed by atoms with Crippen LogP contribution in [-0.2, 0) is 6.54 Å². The second kappa shape index (κ2) is 7.80. The summed E-state index contributed by atoms with van der Waals surface area (Å²) >= 11 is 7.08. The Morgan fingerprint density at radius 3 is 2.42 bits per heavy atom.